The molecule has 2 rings (SSSR count). The molecule has 1 aromatic carbocycles. The molecule has 21 heavy (non-hydrogen) atoms. The molecule has 1 aromatic heterocycles. The summed E-state index contributed by atoms with van der Waals surface area (Å²) in [4.78, 5) is 4.25. The van der Waals surface area contributed by atoms with E-state index in [0.717, 1.165) is 18.5 Å². The monoisotopic (exact) mass is 306 g/mol. The van der Waals surface area contributed by atoms with E-state index in [1.54, 1.807) is 13.3 Å². The summed E-state index contributed by atoms with van der Waals surface area (Å²) in [6.07, 6.45) is 2.64. The molecule has 1 N–H and O–H groups in total. The second-order valence-electron chi connectivity index (χ2n) is 4.65. The topological polar surface area (TPSA) is 43.4 Å². The van der Waals surface area contributed by atoms with Crippen molar-refractivity contribution < 1.29 is 9.47 Å². The second-order valence-corrected chi connectivity index (χ2v) is 5.06. The molecule has 0 bridgehead atoms. The van der Waals surface area contributed by atoms with Gasteiger partial charge in [-0.3, -0.25) is 0 Å². The van der Waals surface area contributed by atoms with Gasteiger partial charge in [0.15, 0.2) is 0 Å². The van der Waals surface area contributed by atoms with E-state index in [4.69, 9.17) is 21.1 Å². The van der Waals surface area contributed by atoms with Crippen LogP contribution < -0.4 is 10.1 Å². The number of hydrogen-bond donors (Lipinski definition) is 1. The Kier molecular flexibility index (Phi) is 5.99. The Morgan fingerprint density at radius 1 is 1.19 bits per heavy atom. The molecule has 0 atom stereocenters. The van der Waals surface area contributed by atoms with E-state index >= 15 is 0 Å². The Hall–Kier alpha value is -1.62. The van der Waals surface area contributed by atoms with Crippen molar-refractivity contribution in [3.8, 4) is 11.6 Å². The van der Waals surface area contributed by atoms with Crippen molar-refractivity contribution in [2.75, 3.05) is 20.8 Å². The number of aromatic nitrogens is 1. The first-order valence-electron chi connectivity index (χ1n) is 6.77. The Labute approximate surface area is 130 Å². The van der Waals surface area contributed by atoms with Gasteiger partial charge in [-0.25, -0.2) is 4.98 Å². The number of methoxy groups -OCH3 is 1. The van der Waals surface area contributed by atoms with Crippen LogP contribution in [0.25, 0.3) is 0 Å². The summed E-state index contributed by atoms with van der Waals surface area (Å²) in [7, 11) is 3.58. The van der Waals surface area contributed by atoms with Crippen LogP contribution in [-0.2, 0) is 17.7 Å². The van der Waals surface area contributed by atoms with Crippen LogP contribution in [0.5, 0.6) is 11.6 Å². The molecule has 0 aliphatic carbocycles. The van der Waals surface area contributed by atoms with Gasteiger partial charge in [-0.15, -0.1) is 0 Å². The molecule has 0 saturated heterocycles. The molecule has 0 unspecified atom stereocenters. The minimum absolute atomic E-state index is 0.418. The molecule has 0 saturated carbocycles. The van der Waals surface area contributed by atoms with E-state index in [9.17, 15) is 0 Å². The summed E-state index contributed by atoms with van der Waals surface area (Å²) < 4.78 is 10.8. The Morgan fingerprint density at radius 2 is 1.95 bits per heavy atom. The van der Waals surface area contributed by atoms with Gasteiger partial charge in [-0.1, -0.05) is 23.7 Å². The maximum Gasteiger partial charge on any atom is 0.238 e. The van der Waals surface area contributed by atoms with Crippen LogP contribution in [0.4, 0.5) is 0 Å². The third-order valence-corrected chi connectivity index (χ3v) is 3.25. The average molecular weight is 307 g/mol. The van der Waals surface area contributed by atoms with Gasteiger partial charge in [0.1, 0.15) is 10.8 Å². The molecule has 2 aromatic rings. The average Bonchev–Trinajstić information content (AvgIpc) is 2.49. The fraction of sp³-hybridized carbons (Fsp3) is 0.312. The summed E-state index contributed by atoms with van der Waals surface area (Å²) in [6, 6.07) is 9.69. The highest BCUT2D eigenvalue weighted by molar-refractivity contribution is 6.31. The first kappa shape index (κ1) is 15.8. The summed E-state index contributed by atoms with van der Waals surface area (Å²) in [5, 5.41) is 3.56. The molecule has 0 amide bonds. The van der Waals surface area contributed by atoms with Crippen LogP contribution in [0.3, 0.4) is 0 Å². The minimum Gasteiger partial charge on any atom is -0.438 e. The third kappa shape index (κ3) is 4.70. The molecule has 0 aliphatic rings. The molecule has 0 spiro atoms. The molecular weight excluding hydrogens is 288 g/mol. The highest BCUT2D eigenvalue weighted by Gasteiger charge is 2.06. The molecule has 4 nitrogen and oxygen atoms in total. The number of nitrogens with one attached hydrogen (secondary N) is 1. The van der Waals surface area contributed by atoms with Gasteiger partial charge in [-0.05, 0) is 42.8 Å². The van der Waals surface area contributed by atoms with Crippen molar-refractivity contribution in [3.05, 3.63) is 52.7 Å². The lowest BCUT2D eigenvalue weighted by atomic mass is 10.1. The molecule has 0 radical (unpaired) electrons. The molecule has 112 valence electrons. The lowest BCUT2D eigenvalue weighted by Crippen LogP contribution is -2.05. The van der Waals surface area contributed by atoms with Gasteiger partial charge in [0.2, 0.25) is 5.88 Å². The largest absolute Gasteiger partial charge is 0.438 e. The zero-order chi connectivity index (χ0) is 15.1. The predicted octanol–water partition coefficient (Wildman–Crippen LogP) is 3.44. The Bertz CT molecular complexity index is 573. The van der Waals surface area contributed by atoms with Crippen LogP contribution in [0.1, 0.15) is 11.1 Å². The molecule has 0 aliphatic heterocycles. The number of nitrogens with zero attached hydrogens (tertiary/aromatic N) is 1. The van der Waals surface area contributed by atoms with Crippen LogP contribution in [0, 0.1) is 0 Å². The number of rotatable bonds is 7. The fourth-order valence-electron chi connectivity index (χ4n) is 1.90. The van der Waals surface area contributed by atoms with E-state index in [-0.39, 0.29) is 0 Å². The summed E-state index contributed by atoms with van der Waals surface area (Å²) in [5.74, 6) is 1.13. The number of pyridine rings is 1. The first-order chi connectivity index (χ1) is 10.2. The first-order valence-corrected chi connectivity index (χ1v) is 7.15. The number of hydrogen-bond acceptors (Lipinski definition) is 4. The quantitative estimate of drug-likeness (QED) is 0.851. The maximum atomic E-state index is 6.18. The van der Waals surface area contributed by atoms with Gasteiger partial charge in [0, 0.05) is 19.9 Å². The zero-order valence-electron chi connectivity index (χ0n) is 12.2. The van der Waals surface area contributed by atoms with Gasteiger partial charge in [-0.2, -0.15) is 0 Å². The minimum atomic E-state index is 0.418. The van der Waals surface area contributed by atoms with Crippen molar-refractivity contribution in [2.24, 2.45) is 0 Å². The number of ether oxygens (including phenoxy) is 2. The van der Waals surface area contributed by atoms with E-state index in [1.807, 2.05) is 37.4 Å². The molecular formula is C16H19ClN2O2. The van der Waals surface area contributed by atoms with Gasteiger partial charge in [0.05, 0.1) is 6.61 Å². The number of benzene rings is 1. The second kappa shape index (κ2) is 7.98. The lowest BCUT2D eigenvalue weighted by Gasteiger charge is -2.08. The van der Waals surface area contributed by atoms with E-state index in [2.05, 4.69) is 10.3 Å². The van der Waals surface area contributed by atoms with E-state index < -0.39 is 0 Å². The van der Waals surface area contributed by atoms with E-state index in [0.29, 0.717) is 23.3 Å². The van der Waals surface area contributed by atoms with Crippen molar-refractivity contribution in [1.29, 1.82) is 0 Å². The standard InChI is InChI=1S/C16H19ClN2O2/c1-18-10-13-9-15(17)16(19-11-13)21-14-5-3-12(4-6-14)7-8-20-2/h3-6,9,11,18H,7-8,10H2,1-2H3. The van der Waals surface area contributed by atoms with Crippen molar-refractivity contribution in [3.63, 3.8) is 0 Å². The van der Waals surface area contributed by atoms with Crippen molar-refractivity contribution in [1.82, 2.24) is 10.3 Å². The smallest absolute Gasteiger partial charge is 0.238 e. The van der Waals surface area contributed by atoms with Crippen LogP contribution >= 0.6 is 11.6 Å². The number of halogens is 1. The van der Waals surface area contributed by atoms with E-state index in [1.165, 1.54) is 5.56 Å². The van der Waals surface area contributed by atoms with Gasteiger partial charge < -0.3 is 14.8 Å². The predicted molar refractivity (Wildman–Crippen MR) is 84.1 cm³/mol. The summed E-state index contributed by atoms with van der Waals surface area (Å²) >= 11 is 6.18. The third-order valence-electron chi connectivity index (χ3n) is 2.98. The lowest BCUT2D eigenvalue weighted by molar-refractivity contribution is 0.202. The summed E-state index contributed by atoms with van der Waals surface area (Å²) in [5.41, 5.74) is 2.22. The van der Waals surface area contributed by atoms with Crippen molar-refractivity contribution in [2.45, 2.75) is 13.0 Å². The molecule has 5 heteroatoms. The summed E-state index contributed by atoms with van der Waals surface area (Å²) in [6.45, 7) is 1.43. The zero-order valence-corrected chi connectivity index (χ0v) is 13.0. The Morgan fingerprint density at radius 3 is 2.57 bits per heavy atom. The fourth-order valence-corrected chi connectivity index (χ4v) is 2.12. The van der Waals surface area contributed by atoms with Crippen LogP contribution in [0.15, 0.2) is 36.5 Å². The maximum absolute atomic E-state index is 6.18. The Balaban J connectivity index is 2.04. The molecule has 1 heterocycles. The highest BCUT2D eigenvalue weighted by Crippen LogP contribution is 2.27. The van der Waals surface area contributed by atoms with Crippen LogP contribution in [0.2, 0.25) is 5.02 Å². The van der Waals surface area contributed by atoms with Crippen molar-refractivity contribution >= 4 is 11.6 Å². The molecule has 0 fully saturated rings. The SMILES string of the molecule is CNCc1cnc(Oc2ccc(CCOC)cc2)c(Cl)c1. The van der Waals surface area contributed by atoms with Gasteiger partial charge in [0.25, 0.3) is 0 Å². The van der Waals surface area contributed by atoms with Crippen LogP contribution in [-0.4, -0.2) is 25.7 Å². The highest BCUT2D eigenvalue weighted by atomic mass is 35.5. The normalized spacial score (nSPS) is 10.6. The van der Waals surface area contributed by atoms with Gasteiger partial charge >= 0.3 is 0 Å².